The second-order valence-electron chi connectivity index (χ2n) is 20.4. The maximum Gasteiger partial charge on any atom is 0.222 e. The third kappa shape index (κ3) is 48.7. The Morgan fingerprint density at radius 1 is 0.302 bits per heavy atom. The van der Waals surface area contributed by atoms with E-state index in [9.17, 15) is 4.79 Å². The van der Waals surface area contributed by atoms with Crippen LogP contribution in [-0.2, 0) is 4.79 Å². The van der Waals surface area contributed by atoms with E-state index in [1.54, 1.807) is 0 Å². The lowest BCUT2D eigenvalue weighted by atomic mass is 9.97. The summed E-state index contributed by atoms with van der Waals surface area (Å²) in [6, 6.07) is 0.462. The summed E-state index contributed by atoms with van der Waals surface area (Å²) in [5.41, 5.74) is 0. The van der Waals surface area contributed by atoms with Crippen molar-refractivity contribution in [2.45, 2.75) is 355 Å². The highest BCUT2D eigenvalue weighted by Crippen LogP contribution is 2.22. The number of amides is 1. The Labute approximate surface area is 399 Å². The Morgan fingerprint density at radius 3 is 0.778 bits per heavy atom. The van der Waals surface area contributed by atoms with Gasteiger partial charge in [0.25, 0.3) is 0 Å². The molecule has 0 spiro atoms. The summed E-state index contributed by atoms with van der Waals surface area (Å²) in [4.78, 5) is 15.9. The Balaban J connectivity index is 4.30. The number of nitrogens with zero attached hydrogens (tertiary/aromatic N) is 1. The quantitative estimate of drug-likeness (QED) is 0.0440. The number of carbonyl (C=O) groups excluding carboxylic acids is 1. The Kier molecular flexibility index (Phi) is 54.4. The van der Waals surface area contributed by atoms with Gasteiger partial charge in [-0.3, -0.25) is 4.79 Å². The molecule has 374 valence electrons. The normalized spacial score (nSPS) is 12.4. The minimum absolute atomic E-state index is 0.449. The summed E-state index contributed by atoms with van der Waals surface area (Å²) in [5.74, 6) is 0.449. The maximum absolute atomic E-state index is 13.6. The van der Waals surface area contributed by atoms with Gasteiger partial charge in [0.05, 0.1) is 0 Å². The van der Waals surface area contributed by atoms with E-state index in [0.29, 0.717) is 11.9 Å². The van der Waals surface area contributed by atoms with Gasteiger partial charge in [0.15, 0.2) is 0 Å². The van der Waals surface area contributed by atoms with Crippen molar-refractivity contribution in [1.82, 2.24) is 4.90 Å². The molecular weight excluding hydrogens is 763 g/mol. The molecule has 0 N–H and O–H groups in total. The summed E-state index contributed by atoms with van der Waals surface area (Å²) in [7, 11) is 0. The molecule has 1 atom stereocenters. The second kappa shape index (κ2) is 55.3. The van der Waals surface area contributed by atoms with E-state index >= 15 is 0 Å². The van der Waals surface area contributed by atoms with Crippen LogP contribution in [0.25, 0.3) is 0 Å². The summed E-state index contributed by atoms with van der Waals surface area (Å²) in [6.45, 7) is 10.0. The third-order valence-electron chi connectivity index (χ3n) is 14.2. The molecule has 0 saturated carbocycles. The molecule has 0 fully saturated rings. The fourth-order valence-electron chi connectivity index (χ4n) is 9.85. The first-order valence-corrected chi connectivity index (χ1v) is 29.8. The van der Waals surface area contributed by atoms with Gasteiger partial charge in [-0.1, -0.05) is 289 Å². The maximum atomic E-state index is 13.6. The number of carbonyl (C=O) groups is 1. The minimum Gasteiger partial charge on any atom is -0.340 e. The molecule has 0 aliphatic heterocycles. The first-order chi connectivity index (χ1) is 31.2. The molecule has 0 bridgehead atoms. The predicted octanol–water partition coefficient (Wildman–Crippen LogP) is 21.9. The molecule has 0 heterocycles. The Hall–Kier alpha value is -1.05. The molecule has 63 heavy (non-hydrogen) atoms. The fourth-order valence-corrected chi connectivity index (χ4v) is 9.85. The molecule has 2 heteroatoms. The van der Waals surface area contributed by atoms with Gasteiger partial charge in [0, 0.05) is 19.0 Å². The number of hydrogen-bond acceptors (Lipinski definition) is 1. The molecule has 0 aromatic carbocycles. The Bertz CT molecular complexity index is 907. The topological polar surface area (TPSA) is 20.3 Å². The van der Waals surface area contributed by atoms with Crippen LogP contribution in [-0.4, -0.2) is 23.4 Å². The van der Waals surface area contributed by atoms with Gasteiger partial charge < -0.3 is 4.90 Å². The van der Waals surface area contributed by atoms with Crippen LogP contribution in [0, 0.1) is 0 Å². The third-order valence-corrected chi connectivity index (χ3v) is 14.2. The first-order valence-electron chi connectivity index (χ1n) is 29.8. The zero-order valence-corrected chi connectivity index (χ0v) is 44.3. The van der Waals surface area contributed by atoms with Gasteiger partial charge in [-0.2, -0.15) is 0 Å². The summed E-state index contributed by atoms with van der Waals surface area (Å²) >= 11 is 0. The molecule has 0 saturated heterocycles. The van der Waals surface area contributed by atoms with E-state index in [2.05, 4.69) is 56.9 Å². The zero-order valence-electron chi connectivity index (χ0n) is 44.3. The van der Waals surface area contributed by atoms with Gasteiger partial charge in [-0.05, 0) is 77.6 Å². The van der Waals surface area contributed by atoms with Crippen LogP contribution in [0.4, 0.5) is 0 Å². The second-order valence-corrected chi connectivity index (χ2v) is 20.4. The first kappa shape index (κ1) is 62.0. The van der Waals surface area contributed by atoms with Crippen LogP contribution in [0.2, 0.25) is 0 Å². The average Bonchev–Trinajstić information content (AvgIpc) is 3.29. The van der Waals surface area contributed by atoms with Crippen LogP contribution in [0.5, 0.6) is 0 Å². The van der Waals surface area contributed by atoms with E-state index < -0.39 is 0 Å². The lowest BCUT2D eigenvalue weighted by Crippen LogP contribution is -2.40. The van der Waals surface area contributed by atoms with Crippen molar-refractivity contribution in [3.63, 3.8) is 0 Å². The number of unbranched alkanes of at least 4 members (excludes halogenated alkanes) is 42. The predicted molar refractivity (Wildman–Crippen MR) is 287 cm³/mol. The lowest BCUT2D eigenvalue weighted by Gasteiger charge is -2.31. The van der Waals surface area contributed by atoms with Crippen molar-refractivity contribution in [3.05, 3.63) is 24.3 Å². The highest BCUT2D eigenvalue weighted by atomic mass is 16.2. The average molecular weight is 883 g/mol. The Morgan fingerprint density at radius 2 is 0.524 bits per heavy atom. The molecule has 0 aromatic heterocycles. The van der Waals surface area contributed by atoms with Crippen LogP contribution in [0.3, 0.4) is 0 Å². The van der Waals surface area contributed by atoms with E-state index in [4.69, 9.17) is 0 Å². The molecule has 1 amide bonds. The molecule has 0 aromatic rings. The van der Waals surface area contributed by atoms with Crippen molar-refractivity contribution in [2.24, 2.45) is 0 Å². The molecule has 0 aliphatic carbocycles. The highest BCUT2D eigenvalue weighted by Gasteiger charge is 2.21. The molecule has 1 unspecified atom stereocenters. The van der Waals surface area contributed by atoms with Crippen molar-refractivity contribution in [2.75, 3.05) is 6.54 Å². The van der Waals surface area contributed by atoms with E-state index in [-0.39, 0.29) is 0 Å². The van der Waals surface area contributed by atoms with E-state index in [1.807, 2.05) is 0 Å². The molecule has 0 aliphatic rings. The molecular formula is C61H119NO. The lowest BCUT2D eigenvalue weighted by molar-refractivity contribution is -0.133. The summed E-state index contributed by atoms with van der Waals surface area (Å²) in [5, 5.41) is 0. The number of hydrogen-bond donors (Lipinski definition) is 0. The van der Waals surface area contributed by atoms with Gasteiger partial charge in [-0.25, -0.2) is 0 Å². The van der Waals surface area contributed by atoms with Crippen LogP contribution >= 0.6 is 0 Å². The summed E-state index contributed by atoms with van der Waals surface area (Å²) < 4.78 is 0. The van der Waals surface area contributed by atoms with Crippen molar-refractivity contribution in [3.8, 4) is 0 Å². The summed E-state index contributed by atoms with van der Waals surface area (Å²) in [6.07, 6.45) is 77.6. The smallest absolute Gasteiger partial charge is 0.222 e. The number of rotatable bonds is 54. The van der Waals surface area contributed by atoms with E-state index in [1.165, 1.54) is 308 Å². The van der Waals surface area contributed by atoms with Gasteiger partial charge in [0.2, 0.25) is 5.91 Å². The van der Waals surface area contributed by atoms with Gasteiger partial charge in [0.1, 0.15) is 0 Å². The standard InChI is InChI=1S/C61H119NO/c1-5-9-12-15-18-21-24-26-28-30-32-33-35-37-39-41-44-46-49-52-55-58-60(62(8-4)61(63)59-56-53-50-47-42-23-20-17-14-11-7-3)57-54-51-48-45-43-40-38-36-34-31-29-27-25-22-19-16-13-10-6-2/h27,29,32-33,60H,5-26,28,30-31,34-59H2,1-4H3/b29-27-,33-32-. The van der Waals surface area contributed by atoms with Crippen LogP contribution in [0.15, 0.2) is 24.3 Å². The van der Waals surface area contributed by atoms with Gasteiger partial charge in [-0.15, -0.1) is 0 Å². The van der Waals surface area contributed by atoms with Crippen molar-refractivity contribution < 1.29 is 4.79 Å². The monoisotopic (exact) mass is 882 g/mol. The minimum atomic E-state index is 0.449. The van der Waals surface area contributed by atoms with Crippen molar-refractivity contribution >= 4 is 5.91 Å². The van der Waals surface area contributed by atoms with Crippen molar-refractivity contribution in [1.29, 1.82) is 0 Å². The van der Waals surface area contributed by atoms with E-state index in [0.717, 1.165) is 19.4 Å². The molecule has 0 radical (unpaired) electrons. The zero-order chi connectivity index (χ0) is 45.6. The molecule has 0 rings (SSSR count). The molecule has 2 nitrogen and oxygen atoms in total. The fraction of sp³-hybridized carbons (Fsp3) is 0.918. The highest BCUT2D eigenvalue weighted by molar-refractivity contribution is 5.76. The van der Waals surface area contributed by atoms with Gasteiger partial charge >= 0.3 is 0 Å². The largest absolute Gasteiger partial charge is 0.340 e. The number of allylic oxidation sites excluding steroid dienone is 4. The van der Waals surface area contributed by atoms with Crippen LogP contribution < -0.4 is 0 Å². The van der Waals surface area contributed by atoms with Crippen LogP contribution in [0.1, 0.15) is 349 Å². The SMILES string of the molecule is CCCCCCCC/C=C\CCCCCCCCCCCC(CCCCCCCCCC/C=C\CCCCCCCCCCC)N(CC)C(=O)CCCCCCCCCCCCC.